The summed E-state index contributed by atoms with van der Waals surface area (Å²) in [5, 5.41) is 2.95. The van der Waals surface area contributed by atoms with Crippen LogP contribution in [0.2, 0.25) is 0 Å². The maximum atomic E-state index is 12.6. The summed E-state index contributed by atoms with van der Waals surface area (Å²) in [7, 11) is 1.77. The first-order valence-electron chi connectivity index (χ1n) is 9.03. The van der Waals surface area contributed by atoms with Crippen molar-refractivity contribution in [2.75, 3.05) is 0 Å². The van der Waals surface area contributed by atoms with E-state index in [1.807, 2.05) is 0 Å². The van der Waals surface area contributed by atoms with Crippen molar-refractivity contribution in [2.24, 2.45) is 13.0 Å². The summed E-state index contributed by atoms with van der Waals surface area (Å²) in [5.41, 5.74) is 1.90. The van der Waals surface area contributed by atoms with Crippen LogP contribution in [-0.2, 0) is 7.05 Å². The second-order valence-corrected chi connectivity index (χ2v) is 7.06. The third-order valence-electron chi connectivity index (χ3n) is 4.79. The molecule has 1 N–H and O–H groups in total. The van der Waals surface area contributed by atoms with Crippen molar-refractivity contribution in [3.8, 4) is 5.75 Å². The number of amides is 1. The van der Waals surface area contributed by atoms with Gasteiger partial charge in [-0.3, -0.25) is 9.78 Å². The smallest absolute Gasteiger partial charge is 0.406 e. The molecule has 7 nitrogen and oxygen atoms in total. The van der Waals surface area contributed by atoms with E-state index in [2.05, 4.69) is 25.0 Å². The summed E-state index contributed by atoms with van der Waals surface area (Å²) in [6.07, 6.45) is -0.000203. The van der Waals surface area contributed by atoms with Crippen LogP contribution in [0.15, 0.2) is 30.6 Å². The summed E-state index contributed by atoms with van der Waals surface area (Å²) >= 11 is 0. The number of nitrogens with one attached hydrogen (secondary N) is 1. The predicted octanol–water partition coefficient (Wildman–Crippen LogP) is 3.45. The van der Waals surface area contributed by atoms with Crippen molar-refractivity contribution in [3.05, 3.63) is 47.8 Å². The van der Waals surface area contributed by atoms with E-state index in [1.54, 1.807) is 18.5 Å². The molecular formula is C19H18F3N5O2. The van der Waals surface area contributed by atoms with Gasteiger partial charge in [-0.1, -0.05) is 0 Å². The molecule has 1 aromatic carbocycles. The Morgan fingerprint density at radius 1 is 1.28 bits per heavy atom. The van der Waals surface area contributed by atoms with Crippen LogP contribution >= 0.6 is 0 Å². The average molecular weight is 405 g/mol. The van der Waals surface area contributed by atoms with Crippen LogP contribution in [0.3, 0.4) is 0 Å². The van der Waals surface area contributed by atoms with Gasteiger partial charge in [0, 0.05) is 19.3 Å². The molecule has 1 saturated carbocycles. The van der Waals surface area contributed by atoms with E-state index in [0.717, 1.165) is 12.8 Å². The third kappa shape index (κ3) is 4.15. The SMILES string of the molecule is Cc1cnc(C(=O)N[C@H](c2nc3cc(OC(F)(F)F)ccc3n2C)C2CC2)cn1. The van der Waals surface area contributed by atoms with Crippen molar-refractivity contribution in [1.82, 2.24) is 24.8 Å². The third-order valence-corrected chi connectivity index (χ3v) is 4.79. The zero-order valence-corrected chi connectivity index (χ0v) is 15.7. The van der Waals surface area contributed by atoms with Crippen molar-refractivity contribution in [1.29, 1.82) is 0 Å². The second-order valence-electron chi connectivity index (χ2n) is 7.06. The van der Waals surface area contributed by atoms with Gasteiger partial charge in [0.2, 0.25) is 0 Å². The number of carbonyl (C=O) groups excluding carboxylic acids is 1. The molecule has 4 rings (SSSR count). The lowest BCUT2D eigenvalue weighted by molar-refractivity contribution is -0.274. The minimum absolute atomic E-state index is 0.195. The van der Waals surface area contributed by atoms with Crippen LogP contribution in [0.1, 0.15) is 40.9 Å². The lowest BCUT2D eigenvalue weighted by Gasteiger charge is -2.18. The highest BCUT2D eigenvalue weighted by Gasteiger charge is 2.37. The van der Waals surface area contributed by atoms with Crippen LogP contribution in [0.25, 0.3) is 11.0 Å². The molecule has 2 aromatic heterocycles. The van der Waals surface area contributed by atoms with Gasteiger partial charge in [0.15, 0.2) is 0 Å². The summed E-state index contributed by atoms with van der Waals surface area (Å²) in [5.74, 6) is 0.0676. The Labute approximate surface area is 163 Å². The van der Waals surface area contributed by atoms with Crippen LogP contribution in [-0.4, -0.2) is 31.8 Å². The van der Waals surface area contributed by atoms with Gasteiger partial charge in [0.05, 0.1) is 29.0 Å². The number of nitrogens with zero attached hydrogens (tertiary/aromatic N) is 4. The van der Waals surface area contributed by atoms with Gasteiger partial charge < -0.3 is 14.6 Å². The van der Waals surface area contributed by atoms with Gasteiger partial charge in [0.1, 0.15) is 17.3 Å². The van der Waals surface area contributed by atoms with Gasteiger partial charge in [-0.05, 0) is 37.8 Å². The summed E-state index contributed by atoms with van der Waals surface area (Å²) in [6.45, 7) is 1.78. The molecule has 1 atom stereocenters. The molecule has 2 heterocycles. The number of aryl methyl sites for hydroxylation is 2. The highest BCUT2D eigenvalue weighted by molar-refractivity contribution is 5.92. The molecular weight excluding hydrogens is 387 g/mol. The average Bonchev–Trinajstić information content (AvgIpc) is 3.43. The van der Waals surface area contributed by atoms with Crippen LogP contribution < -0.4 is 10.1 Å². The molecule has 1 aliphatic rings. The molecule has 1 fully saturated rings. The standard InChI is InChI=1S/C19H18F3N5O2/c1-10-8-24-14(9-23-10)18(28)26-16(11-3-4-11)17-25-13-7-12(29-19(20,21)22)5-6-15(13)27(17)2/h5-9,11,16H,3-4H2,1-2H3,(H,26,28)/t16-/m0/s1. The molecule has 0 spiro atoms. The number of ether oxygens (including phenoxy) is 1. The first-order chi connectivity index (χ1) is 13.7. The summed E-state index contributed by atoms with van der Waals surface area (Å²) in [4.78, 5) is 25.3. The Balaban J connectivity index is 1.64. The largest absolute Gasteiger partial charge is 0.573 e. The highest BCUT2D eigenvalue weighted by atomic mass is 19.4. The summed E-state index contributed by atoms with van der Waals surface area (Å²) < 4.78 is 43.2. The van der Waals surface area contributed by atoms with Gasteiger partial charge in [-0.15, -0.1) is 13.2 Å². The van der Waals surface area contributed by atoms with Crippen LogP contribution in [0.4, 0.5) is 13.2 Å². The van der Waals surface area contributed by atoms with E-state index in [4.69, 9.17) is 0 Å². The monoisotopic (exact) mass is 405 g/mol. The number of rotatable bonds is 5. The second kappa shape index (κ2) is 7.02. The molecule has 3 aromatic rings. The molecule has 0 bridgehead atoms. The number of imidazole rings is 1. The number of carbonyl (C=O) groups is 1. The normalized spacial score (nSPS) is 15.3. The quantitative estimate of drug-likeness (QED) is 0.703. The fourth-order valence-electron chi connectivity index (χ4n) is 3.22. The Morgan fingerprint density at radius 3 is 2.66 bits per heavy atom. The number of alkyl halides is 3. The molecule has 29 heavy (non-hydrogen) atoms. The minimum atomic E-state index is -4.77. The molecule has 152 valence electrons. The molecule has 1 aliphatic carbocycles. The van der Waals surface area contributed by atoms with E-state index in [9.17, 15) is 18.0 Å². The first kappa shape index (κ1) is 19.2. The zero-order chi connectivity index (χ0) is 20.8. The van der Waals surface area contributed by atoms with E-state index in [0.29, 0.717) is 22.6 Å². The number of halogens is 3. The van der Waals surface area contributed by atoms with E-state index >= 15 is 0 Å². The first-order valence-corrected chi connectivity index (χ1v) is 9.03. The van der Waals surface area contributed by atoms with Crippen molar-refractivity contribution in [3.63, 3.8) is 0 Å². The Morgan fingerprint density at radius 2 is 2.03 bits per heavy atom. The Kier molecular flexibility index (Phi) is 4.64. The molecule has 0 saturated heterocycles. The Hall–Kier alpha value is -3.17. The fourth-order valence-corrected chi connectivity index (χ4v) is 3.22. The number of hydrogen-bond donors (Lipinski definition) is 1. The fraction of sp³-hybridized carbons (Fsp3) is 0.368. The molecule has 10 heteroatoms. The topological polar surface area (TPSA) is 81.9 Å². The van der Waals surface area contributed by atoms with Gasteiger partial charge in [-0.2, -0.15) is 0 Å². The van der Waals surface area contributed by atoms with Crippen molar-refractivity contribution >= 4 is 16.9 Å². The lowest BCUT2D eigenvalue weighted by atomic mass is 10.1. The number of aromatic nitrogens is 4. The minimum Gasteiger partial charge on any atom is -0.406 e. The highest BCUT2D eigenvalue weighted by Crippen LogP contribution is 2.41. The van der Waals surface area contributed by atoms with E-state index in [-0.39, 0.29) is 29.3 Å². The van der Waals surface area contributed by atoms with Crippen molar-refractivity contribution in [2.45, 2.75) is 32.2 Å². The molecule has 0 unspecified atom stereocenters. The summed E-state index contributed by atoms with van der Waals surface area (Å²) in [6, 6.07) is 3.62. The van der Waals surface area contributed by atoms with Crippen LogP contribution in [0, 0.1) is 12.8 Å². The molecule has 0 radical (unpaired) electrons. The number of hydrogen-bond acceptors (Lipinski definition) is 5. The van der Waals surface area contributed by atoms with Gasteiger partial charge in [0.25, 0.3) is 5.91 Å². The van der Waals surface area contributed by atoms with Gasteiger partial charge >= 0.3 is 6.36 Å². The van der Waals surface area contributed by atoms with Gasteiger partial charge in [-0.25, -0.2) is 9.97 Å². The molecule has 0 aliphatic heterocycles. The molecule has 1 amide bonds. The van der Waals surface area contributed by atoms with Crippen LogP contribution in [0.5, 0.6) is 5.75 Å². The predicted molar refractivity (Wildman–Crippen MR) is 97.1 cm³/mol. The van der Waals surface area contributed by atoms with E-state index in [1.165, 1.54) is 30.6 Å². The number of fused-ring (bicyclic) bond motifs is 1. The maximum Gasteiger partial charge on any atom is 0.573 e. The Bertz CT molecular complexity index is 1060. The lowest BCUT2D eigenvalue weighted by Crippen LogP contribution is -2.32. The zero-order valence-electron chi connectivity index (χ0n) is 15.7. The van der Waals surface area contributed by atoms with Crippen molar-refractivity contribution < 1.29 is 22.7 Å². The maximum absolute atomic E-state index is 12.6. The number of benzene rings is 1. The van der Waals surface area contributed by atoms with E-state index < -0.39 is 6.36 Å².